The summed E-state index contributed by atoms with van der Waals surface area (Å²) in [4.78, 5) is 38.4. The van der Waals surface area contributed by atoms with Gasteiger partial charge in [-0.15, -0.1) is 0 Å². The first-order chi connectivity index (χ1) is 19.7. The van der Waals surface area contributed by atoms with E-state index in [1.165, 1.54) is 18.2 Å². The Morgan fingerprint density at radius 1 is 1.05 bits per heavy atom. The summed E-state index contributed by atoms with van der Waals surface area (Å²) in [6.45, 7) is 5.39. The number of carbonyl (C=O) groups is 2. The topological polar surface area (TPSA) is 115 Å². The maximum Gasteiger partial charge on any atom is 0.247 e. The first-order valence-corrected chi connectivity index (χ1v) is 13.0. The lowest BCUT2D eigenvalue weighted by atomic mass is 10.2. The molecule has 0 aliphatic rings. The van der Waals surface area contributed by atoms with Gasteiger partial charge in [-0.1, -0.05) is 6.58 Å². The van der Waals surface area contributed by atoms with Crippen molar-refractivity contribution in [2.75, 3.05) is 80.7 Å². The zero-order chi connectivity index (χ0) is 29.9. The van der Waals surface area contributed by atoms with E-state index in [2.05, 4.69) is 37.4 Å². The fourth-order valence-electron chi connectivity index (χ4n) is 4.07. The molecule has 3 rings (SSSR count). The summed E-state index contributed by atoms with van der Waals surface area (Å²) in [5.41, 5.74) is 3.02. The van der Waals surface area contributed by atoms with Crippen LogP contribution in [0.25, 0.3) is 0 Å². The number of hydrogen-bond acceptors (Lipinski definition) is 10. The number of methoxy groups -OCH3 is 1. The summed E-state index contributed by atoms with van der Waals surface area (Å²) in [5.74, 6) is 0.510. The molecule has 2 aromatic carbocycles. The number of ether oxygens (including phenoxy) is 1. The molecule has 0 aliphatic heterocycles. The van der Waals surface area contributed by atoms with Crippen molar-refractivity contribution in [3.05, 3.63) is 61.1 Å². The number of rotatable bonds is 15. The average Bonchev–Trinajstić information content (AvgIpc) is 2.96. The lowest BCUT2D eigenvalue weighted by Crippen LogP contribution is -2.29. The Balaban J connectivity index is 2.02. The van der Waals surface area contributed by atoms with E-state index in [9.17, 15) is 14.0 Å². The van der Waals surface area contributed by atoms with Gasteiger partial charge in [-0.3, -0.25) is 4.79 Å². The van der Waals surface area contributed by atoms with Crippen molar-refractivity contribution in [1.29, 1.82) is 0 Å². The van der Waals surface area contributed by atoms with E-state index in [1.54, 1.807) is 38.6 Å². The Morgan fingerprint density at radius 3 is 2.49 bits per heavy atom. The van der Waals surface area contributed by atoms with Crippen LogP contribution in [-0.2, 0) is 9.59 Å². The monoisotopic (exact) mass is 564 g/mol. The Bertz CT molecular complexity index is 1370. The number of halogens is 1. The van der Waals surface area contributed by atoms with Crippen molar-refractivity contribution in [3.8, 4) is 5.75 Å². The number of carbonyl (C=O) groups excluding carboxylic acids is 2. The highest BCUT2D eigenvalue weighted by Crippen LogP contribution is 2.38. The highest BCUT2D eigenvalue weighted by molar-refractivity contribution is 6.02. The lowest BCUT2D eigenvalue weighted by Gasteiger charge is -2.26. The van der Waals surface area contributed by atoms with E-state index >= 15 is 0 Å². The molecule has 3 N–H and O–H groups in total. The summed E-state index contributed by atoms with van der Waals surface area (Å²) in [6, 6.07) is 9.64. The third kappa shape index (κ3) is 8.15. The molecular formula is C29H37FN8O3. The van der Waals surface area contributed by atoms with Gasteiger partial charge in [0.05, 0.1) is 35.5 Å². The quantitative estimate of drug-likeness (QED) is 0.183. The molecule has 0 fully saturated rings. The molecule has 0 atom stereocenters. The molecule has 0 bridgehead atoms. The third-order valence-electron chi connectivity index (χ3n) is 6.21. The van der Waals surface area contributed by atoms with Crippen LogP contribution in [-0.4, -0.2) is 82.0 Å². The molecule has 218 valence electrons. The molecule has 41 heavy (non-hydrogen) atoms. The van der Waals surface area contributed by atoms with Gasteiger partial charge >= 0.3 is 0 Å². The van der Waals surface area contributed by atoms with Crippen molar-refractivity contribution in [1.82, 2.24) is 14.9 Å². The highest BCUT2D eigenvalue weighted by Gasteiger charge is 2.19. The van der Waals surface area contributed by atoms with Crippen molar-refractivity contribution in [2.45, 2.75) is 6.42 Å². The number of amides is 1. The summed E-state index contributed by atoms with van der Waals surface area (Å²) in [7, 11) is 9.17. The van der Waals surface area contributed by atoms with Crippen LogP contribution in [0.4, 0.5) is 44.6 Å². The van der Waals surface area contributed by atoms with Gasteiger partial charge < -0.3 is 40.2 Å². The second-order valence-corrected chi connectivity index (χ2v) is 9.37. The Kier molecular flexibility index (Phi) is 11.0. The molecule has 11 nitrogen and oxygen atoms in total. The Labute approximate surface area is 240 Å². The van der Waals surface area contributed by atoms with Gasteiger partial charge in [-0.05, 0) is 50.5 Å². The van der Waals surface area contributed by atoms with Crippen molar-refractivity contribution in [3.63, 3.8) is 0 Å². The predicted octanol–water partition coefficient (Wildman–Crippen LogP) is 4.26. The van der Waals surface area contributed by atoms with E-state index < -0.39 is 0 Å². The van der Waals surface area contributed by atoms with Gasteiger partial charge in [0.2, 0.25) is 11.9 Å². The maximum absolute atomic E-state index is 13.9. The Morgan fingerprint density at radius 2 is 1.83 bits per heavy atom. The summed E-state index contributed by atoms with van der Waals surface area (Å²) in [5, 5.41) is 9.05. The van der Waals surface area contributed by atoms with Crippen LogP contribution >= 0.6 is 0 Å². The average molecular weight is 565 g/mol. The smallest absolute Gasteiger partial charge is 0.247 e. The van der Waals surface area contributed by atoms with Gasteiger partial charge in [0.15, 0.2) is 0 Å². The number of anilines is 7. The lowest BCUT2D eigenvalue weighted by molar-refractivity contribution is -0.112. The summed E-state index contributed by atoms with van der Waals surface area (Å²) in [6.07, 6.45) is 3.83. The fraction of sp³-hybridized carbons (Fsp3) is 0.310. The van der Waals surface area contributed by atoms with Crippen molar-refractivity contribution in [2.24, 2.45) is 0 Å². The number of likely N-dealkylation sites (N-methyl/N-ethyl adjacent to an activating group) is 2. The van der Waals surface area contributed by atoms with Crippen molar-refractivity contribution >= 4 is 52.4 Å². The second-order valence-electron chi connectivity index (χ2n) is 9.37. The molecule has 0 spiro atoms. The number of benzene rings is 2. The number of hydrogen-bond donors (Lipinski definition) is 3. The van der Waals surface area contributed by atoms with Crippen LogP contribution in [0, 0.1) is 5.82 Å². The number of nitrogens with one attached hydrogen (secondary N) is 3. The minimum absolute atomic E-state index is 0.232. The van der Waals surface area contributed by atoms with Gasteiger partial charge in [-0.25, -0.2) is 9.37 Å². The van der Waals surface area contributed by atoms with Gasteiger partial charge in [0.25, 0.3) is 0 Å². The number of aromatic nitrogens is 2. The maximum atomic E-state index is 13.9. The zero-order valence-corrected chi connectivity index (χ0v) is 24.1. The van der Waals surface area contributed by atoms with E-state index in [1.807, 2.05) is 37.0 Å². The number of nitrogens with zero attached hydrogens (tertiary/aromatic N) is 5. The molecule has 1 aromatic heterocycles. The second kappa shape index (κ2) is 14.6. The van der Waals surface area contributed by atoms with Crippen LogP contribution < -0.4 is 30.5 Å². The molecule has 12 heteroatoms. The molecule has 0 saturated heterocycles. The van der Waals surface area contributed by atoms with Gasteiger partial charge in [0, 0.05) is 52.4 Å². The molecule has 0 aliphatic carbocycles. The highest BCUT2D eigenvalue weighted by atomic mass is 19.1. The minimum Gasteiger partial charge on any atom is -0.494 e. The molecule has 1 heterocycles. The van der Waals surface area contributed by atoms with Crippen molar-refractivity contribution < 1.29 is 18.7 Å². The van der Waals surface area contributed by atoms with E-state index in [4.69, 9.17) is 4.74 Å². The molecule has 0 unspecified atom stereocenters. The van der Waals surface area contributed by atoms with Crippen LogP contribution in [0.5, 0.6) is 5.75 Å². The molecule has 0 radical (unpaired) electrons. The molecule has 0 saturated carbocycles. The SMILES string of the molecule is C=CC(=O)Nc1cc(Nc2nccc(N(CCC=O)c3ccc(F)cc3NC)n2)c(OC)cc1N(C)CCN(C)C. The van der Waals surface area contributed by atoms with Crippen LogP contribution in [0.2, 0.25) is 0 Å². The first kappa shape index (κ1) is 30.8. The summed E-state index contributed by atoms with van der Waals surface area (Å²) < 4.78 is 19.6. The number of aldehydes is 1. The fourth-order valence-corrected chi connectivity index (χ4v) is 4.07. The van der Waals surface area contributed by atoms with Crippen LogP contribution in [0.3, 0.4) is 0 Å². The van der Waals surface area contributed by atoms with Crippen LogP contribution in [0.1, 0.15) is 6.42 Å². The third-order valence-corrected chi connectivity index (χ3v) is 6.21. The minimum atomic E-state index is -0.388. The van der Waals surface area contributed by atoms with Crippen LogP contribution in [0.15, 0.2) is 55.3 Å². The van der Waals surface area contributed by atoms with Gasteiger partial charge in [-0.2, -0.15) is 4.98 Å². The Hall–Kier alpha value is -4.71. The summed E-state index contributed by atoms with van der Waals surface area (Å²) >= 11 is 0. The molecule has 3 aromatic rings. The zero-order valence-electron chi connectivity index (χ0n) is 24.1. The molecule has 1 amide bonds. The van der Waals surface area contributed by atoms with E-state index in [0.29, 0.717) is 47.4 Å². The first-order valence-electron chi connectivity index (χ1n) is 13.0. The normalized spacial score (nSPS) is 10.6. The largest absolute Gasteiger partial charge is 0.494 e. The standard InChI is InChI=1S/C29H37FN8O3/c1-7-28(40)33-22-18-23(26(41-6)19-25(22)37(5)15-14-36(3)4)34-29-32-12-11-27(35-29)38(13-8-16-39)24-10-9-20(30)17-21(24)31-2/h7,9-12,16-19,31H,1,8,13-15H2,2-6H3,(H,33,40)(H,32,34,35). The van der Waals surface area contributed by atoms with E-state index in [0.717, 1.165) is 18.5 Å². The molecular weight excluding hydrogens is 527 g/mol. The van der Waals surface area contributed by atoms with Gasteiger partial charge in [0.1, 0.15) is 23.7 Å². The van der Waals surface area contributed by atoms with E-state index in [-0.39, 0.29) is 24.1 Å². The predicted molar refractivity (Wildman–Crippen MR) is 163 cm³/mol.